The van der Waals surface area contributed by atoms with Crippen molar-refractivity contribution in [3.05, 3.63) is 51.9 Å². The molecule has 0 unspecified atom stereocenters. The summed E-state index contributed by atoms with van der Waals surface area (Å²) in [6.45, 7) is 3.46. The number of carbonyl (C=O) groups is 2. The zero-order valence-electron chi connectivity index (χ0n) is 20.7. The fourth-order valence-corrected chi connectivity index (χ4v) is 6.06. The third-order valence-electron chi connectivity index (χ3n) is 5.90. The van der Waals surface area contributed by atoms with E-state index >= 15 is 0 Å². The summed E-state index contributed by atoms with van der Waals surface area (Å²) in [6, 6.07) is 12.2. The van der Waals surface area contributed by atoms with Crippen molar-refractivity contribution in [2.45, 2.75) is 25.8 Å². The number of aromatic nitrogens is 1. The quantitative estimate of drug-likeness (QED) is 0.334. The number of anilines is 3. The molecule has 0 spiro atoms. The van der Waals surface area contributed by atoms with E-state index in [0.29, 0.717) is 16.2 Å². The molecule has 11 heteroatoms. The summed E-state index contributed by atoms with van der Waals surface area (Å²) < 4.78 is 16.1. The monoisotopic (exact) mass is 588 g/mol. The molecule has 3 aromatic rings. The van der Waals surface area contributed by atoms with Crippen LogP contribution < -0.4 is 20.7 Å². The largest absolute Gasteiger partial charge is 0.479 e. The molecular formula is C26H29BrN4O5S. The molecule has 196 valence electrons. The highest BCUT2D eigenvalue weighted by Gasteiger charge is 2.26. The van der Waals surface area contributed by atoms with Gasteiger partial charge < -0.3 is 30.2 Å². The molecule has 9 nitrogen and oxygen atoms in total. The van der Waals surface area contributed by atoms with Gasteiger partial charge in [-0.05, 0) is 65.5 Å². The first-order valence-electron chi connectivity index (χ1n) is 11.9. The van der Waals surface area contributed by atoms with E-state index in [9.17, 15) is 9.59 Å². The average molecular weight is 590 g/mol. The fraction of sp³-hybridized carbons (Fsp3) is 0.346. The van der Waals surface area contributed by atoms with E-state index in [2.05, 4.69) is 31.1 Å². The molecule has 2 aromatic heterocycles. The minimum Gasteiger partial charge on any atom is -0.479 e. The highest BCUT2D eigenvalue weighted by molar-refractivity contribution is 9.10. The Kier molecular flexibility index (Phi) is 8.88. The maximum absolute atomic E-state index is 12.4. The van der Waals surface area contributed by atoms with Crippen molar-refractivity contribution in [3.63, 3.8) is 0 Å². The van der Waals surface area contributed by atoms with Crippen LogP contribution in [0.1, 0.15) is 29.4 Å². The van der Waals surface area contributed by atoms with Gasteiger partial charge in [-0.1, -0.05) is 12.1 Å². The highest BCUT2D eigenvalue weighted by Crippen LogP contribution is 2.46. The molecule has 0 amide bonds. The predicted molar refractivity (Wildman–Crippen MR) is 148 cm³/mol. The number of nitrogens with two attached hydrogens (primary N) is 1. The topological polar surface area (TPSA) is 116 Å². The molecule has 0 aliphatic carbocycles. The molecule has 0 bridgehead atoms. The highest BCUT2D eigenvalue weighted by atomic mass is 79.9. The van der Waals surface area contributed by atoms with Crippen molar-refractivity contribution in [1.29, 1.82) is 0 Å². The van der Waals surface area contributed by atoms with Crippen LogP contribution in [0.15, 0.2) is 47.1 Å². The van der Waals surface area contributed by atoms with Crippen LogP contribution in [0.3, 0.4) is 0 Å². The molecule has 1 aromatic carbocycles. The van der Waals surface area contributed by atoms with E-state index < -0.39 is 11.9 Å². The standard InChI is InChI=1S/C26H29BrN4O5S/c1-3-35-21(32)15-36-23-22(27)24(37-25(23)26(33)34-2)16-5-4-6-19(13-16)30-18-9-11-31(12-10-18)20-8-7-17(28)14-29-20/h4-8,13-14,18,30H,3,9-12,15,28H2,1-2H3. The molecule has 0 saturated carbocycles. The summed E-state index contributed by atoms with van der Waals surface area (Å²) in [4.78, 5) is 32.0. The van der Waals surface area contributed by atoms with Crippen molar-refractivity contribution < 1.29 is 23.8 Å². The number of piperidine rings is 1. The fourth-order valence-electron chi connectivity index (χ4n) is 4.09. The molecule has 4 rings (SSSR count). The van der Waals surface area contributed by atoms with Crippen molar-refractivity contribution in [3.8, 4) is 16.2 Å². The van der Waals surface area contributed by atoms with Crippen LogP contribution in [0.4, 0.5) is 17.2 Å². The number of halogens is 1. The van der Waals surface area contributed by atoms with Crippen molar-refractivity contribution in [1.82, 2.24) is 4.98 Å². The summed E-state index contributed by atoms with van der Waals surface area (Å²) >= 11 is 4.81. The number of thiophene rings is 1. The summed E-state index contributed by atoms with van der Waals surface area (Å²) in [7, 11) is 1.31. The van der Waals surface area contributed by atoms with Gasteiger partial charge in [-0.2, -0.15) is 0 Å². The molecular weight excluding hydrogens is 560 g/mol. The molecule has 1 fully saturated rings. The van der Waals surface area contributed by atoms with Crippen LogP contribution >= 0.6 is 27.3 Å². The van der Waals surface area contributed by atoms with Crippen molar-refractivity contribution in [2.24, 2.45) is 0 Å². The molecule has 3 heterocycles. The van der Waals surface area contributed by atoms with E-state index in [1.807, 2.05) is 36.4 Å². The number of pyridine rings is 1. The first-order chi connectivity index (χ1) is 17.9. The van der Waals surface area contributed by atoms with Crippen molar-refractivity contribution in [2.75, 3.05) is 49.4 Å². The Labute approximate surface area is 228 Å². The Morgan fingerprint density at radius 1 is 1.24 bits per heavy atom. The van der Waals surface area contributed by atoms with E-state index in [1.54, 1.807) is 13.1 Å². The number of benzene rings is 1. The lowest BCUT2D eigenvalue weighted by molar-refractivity contribution is -0.145. The second-order valence-electron chi connectivity index (χ2n) is 8.42. The lowest BCUT2D eigenvalue weighted by Gasteiger charge is -2.33. The zero-order chi connectivity index (χ0) is 26.4. The summed E-state index contributed by atoms with van der Waals surface area (Å²) in [5, 5.41) is 3.64. The molecule has 1 saturated heterocycles. The normalized spacial score (nSPS) is 13.8. The molecule has 1 aliphatic rings. The van der Waals surface area contributed by atoms with Gasteiger partial charge in [0.1, 0.15) is 5.82 Å². The van der Waals surface area contributed by atoms with Gasteiger partial charge in [0, 0.05) is 24.8 Å². The lowest BCUT2D eigenvalue weighted by Crippen LogP contribution is -2.39. The average Bonchev–Trinajstić information content (AvgIpc) is 3.24. The van der Waals surface area contributed by atoms with Gasteiger partial charge in [0.25, 0.3) is 0 Å². The number of nitrogens with one attached hydrogen (secondary N) is 1. The second-order valence-corrected chi connectivity index (χ2v) is 10.2. The van der Waals surface area contributed by atoms with Crippen LogP contribution in [0.25, 0.3) is 10.4 Å². The van der Waals surface area contributed by atoms with Crippen molar-refractivity contribution >= 4 is 56.4 Å². The van der Waals surface area contributed by atoms with Gasteiger partial charge in [0.2, 0.25) is 0 Å². The first kappa shape index (κ1) is 26.7. The van der Waals surface area contributed by atoms with Crippen LogP contribution in [0.2, 0.25) is 0 Å². The van der Waals surface area contributed by atoms with Gasteiger partial charge in [0.15, 0.2) is 17.2 Å². The number of methoxy groups -OCH3 is 1. The Bertz CT molecular complexity index is 1240. The summed E-state index contributed by atoms with van der Waals surface area (Å²) in [6.07, 6.45) is 3.63. The predicted octanol–water partition coefficient (Wildman–Crippen LogP) is 4.96. The number of carbonyl (C=O) groups excluding carboxylic acids is 2. The first-order valence-corrected chi connectivity index (χ1v) is 13.5. The van der Waals surface area contributed by atoms with Gasteiger partial charge >= 0.3 is 11.9 Å². The Hall–Kier alpha value is -3.31. The number of hydrogen-bond donors (Lipinski definition) is 2. The maximum Gasteiger partial charge on any atom is 0.351 e. The molecule has 0 atom stereocenters. The number of nitrogens with zero attached hydrogens (tertiary/aromatic N) is 2. The third-order valence-corrected chi connectivity index (χ3v) is 8.12. The Morgan fingerprint density at radius 3 is 2.70 bits per heavy atom. The van der Waals surface area contributed by atoms with E-state index in [4.69, 9.17) is 19.9 Å². The maximum atomic E-state index is 12.4. The van der Waals surface area contributed by atoms with Crippen LogP contribution in [-0.2, 0) is 14.3 Å². The van der Waals surface area contributed by atoms with Crippen LogP contribution in [0.5, 0.6) is 5.75 Å². The summed E-state index contributed by atoms with van der Waals surface area (Å²) in [5.74, 6) is 0.163. The summed E-state index contributed by atoms with van der Waals surface area (Å²) in [5.41, 5.74) is 8.30. The third kappa shape index (κ3) is 6.53. The molecule has 3 N–H and O–H groups in total. The molecule has 1 aliphatic heterocycles. The minimum absolute atomic E-state index is 0.249. The van der Waals surface area contributed by atoms with E-state index in [-0.39, 0.29) is 23.8 Å². The van der Waals surface area contributed by atoms with E-state index in [0.717, 1.165) is 47.9 Å². The van der Waals surface area contributed by atoms with Gasteiger partial charge in [-0.25, -0.2) is 14.6 Å². The van der Waals surface area contributed by atoms with Gasteiger partial charge in [-0.15, -0.1) is 11.3 Å². The lowest BCUT2D eigenvalue weighted by atomic mass is 10.0. The SMILES string of the molecule is CCOC(=O)COc1c(C(=O)OC)sc(-c2cccc(NC3CCN(c4ccc(N)cn4)CC3)c2)c1Br. The molecule has 0 radical (unpaired) electrons. The number of esters is 2. The van der Waals surface area contributed by atoms with Gasteiger partial charge in [0.05, 0.1) is 35.0 Å². The smallest absolute Gasteiger partial charge is 0.351 e. The number of hydrogen-bond acceptors (Lipinski definition) is 10. The number of nitrogen functional groups attached to an aromatic ring is 1. The number of ether oxygens (including phenoxy) is 3. The Morgan fingerprint density at radius 2 is 2.03 bits per heavy atom. The number of rotatable bonds is 9. The minimum atomic E-state index is -0.535. The van der Waals surface area contributed by atoms with E-state index in [1.165, 1.54) is 18.4 Å². The van der Waals surface area contributed by atoms with Gasteiger partial charge in [-0.3, -0.25) is 0 Å². The Balaban J connectivity index is 1.47. The zero-order valence-corrected chi connectivity index (χ0v) is 23.1. The van der Waals surface area contributed by atoms with Crippen LogP contribution in [0, 0.1) is 0 Å². The second kappa shape index (κ2) is 12.3. The molecule has 37 heavy (non-hydrogen) atoms. The van der Waals surface area contributed by atoms with Crippen LogP contribution in [-0.4, -0.2) is 56.4 Å².